The predicted molar refractivity (Wildman–Crippen MR) is 79.8 cm³/mol. The van der Waals surface area contributed by atoms with Gasteiger partial charge in [-0.1, -0.05) is 6.92 Å². The molecular formula is C13H19N3O6. The number of hydrogen-bond donors (Lipinski definition) is 3. The summed E-state index contributed by atoms with van der Waals surface area (Å²) in [5.74, 6) is 0. The molecule has 0 bridgehead atoms. The molecule has 1 rings (SSSR count). The van der Waals surface area contributed by atoms with Crippen LogP contribution in [0.25, 0.3) is 0 Å². The highest BCUT2D eigenvalue weighted by atomic mass is 16.6. The molecule has 1 aromatic carbocycles. The largest absolute Gasteiger partial charge is 0.392 e. The lowest BCUT2D eigenvalue weighted by Crippen LogP contribution is -2.31. The number of hydrogen-bond acceptors (Lipinski definition) is 7. The van der Waals surface area contributed by atoms with Gasteiger partial charge < -0.3 is 15.5 Å². The van der Waals surface area contributed by atoms with Crippen LogP contribution in [-0.4, -0.2) is 32.2 Å². The number of nitrogens with zero attached hydrogens (tertiary/aromatic N) is 2. The first kappa shape index (κ1) is 17.8. The number of nitro benzene ring substituents is 2. The minimum atomic E-state index is -0.845. The third-order valence-corrected chi connectivity index (χ3v) is 3.54. The van der Waals surface area contributed by atoms with Crippen LogP contribution in [0.3, 0.4) is 0 Å². The van der Waals surface area contributed by atoms with Gasteiger partial charge in [-0.25, -0.2) is 0 Å². The minimum Gasteiger partial charge on any atom is -0.392 e. The second-order valence-electron chi connectivity index (χ2n) is 4.98. The molecule has 0 heterocycles. The van der Waals surface area contributed by atoms with E-state index in [0.717, 1.165) is 6.07 Å². The van der Waals surface area contributed by atoms with Gasteiger partial charge in [0.1, 0.15) is 0 Å². The molecule has 22 heavy (non-hydrogen) atoms. The molecule has 0 saturated carbocycles. The van der Waals surface area contributed by atoms with Crippen LogP contribution >= 0.6 is 0 Å². The predicted octanol–water partition coefficient (Wildman–Crippen LogP) is 1.88. The number of anilines is 1. The Morgan fingerprint density at radius 1 is 1.32 bits per heavy atom. The van der Waals surface area contributed by atoms with E-state index in [2.05, 4.69) is 5.32 Å². The summed E-state index contributed by atoms with van der Waals surface area (Å²) in [5.41, 5.74) is -0.939. The molecule has 9 nitrogen and oxygen atoms in total. The summed E-state index contributed by atoms with van der Waals surface area (Å²) < 4.78 is 0. The van der Waals surface area contributed by atoms with Crippen molar-refractivity contribution < 1.29 is 20.1 Å². The Morgan fingerprint density at radius 3 is 2.27 bits per heavy atom. The lowest BCUT2D eigenvalue weighted by molar-refractivity contribution is -0.392. The van der Waals surface area contributed by atoms with E-state index in [1.807, 2.05) is 0 Å². The summed E-state index contributed by atoms with van der Waals surface area (Å²) in [4.78, 5) is 21.1. The SMILES string of the molecule is CCC(Nc1c([N+](=O)[O-])cc(CO)c(C)c1[N+](=O)[O-])C(C)O. The van der Waals surface area contributed by atoms with Gasteiger partial charge in [-0.3, -0.25) is 20.2 Å². The zero-order valence-corrected chi connectivity index (χ0v) is 12.6. The van der Waals surface area contributed by atoms with Crippen molar-refractivity contribution in [1.29, 1.82) is 0 Å². The molecule has 0 aliphatic heterocycles. The number of nitrogens with one attached hydrogen (secondary N) is 1. The molecule has 1 aromatic rings. The van der Waals surface area contributed by atoms with Crippen LogP contribution < -0.4 is 5.32 Å². The molecule has 0 radical (unpaired) electrons. The van der Waals surface area contributed by atoms with Gasteiger partial charge >= 0.3 is 5.69 Å². The molecule has 9 heteroatoms. The van der Waals surface area contributed by atoms with Crippen LogP contribution in [0.1, 0.15) is 31.4 Å². The van der Waals surface area contributed by atoms with Crippen molar-refractivity contribution in [2.75, 3.05) is 5.32 Å². The zero-order valence-electron chi connectivity index (χ0n) is 12.6. The molecule has 0 spiro atoms. The Kier molecular flexibility index (Phi) is 5.77. The first-order valence-electron chi connectivity index (χ1n) is 6.75. The lowest BCUT2D eigenvalue weighted by Gasteiger charge is -2.21. The van der Waals surface area contributed by atoms with Crippen molar-refractivity contribution in [3.8, 4) is 0 Å². The van der Waals surface area contributed by atoms with E-state index in [-0.39, 0.29) is 16.8 Å². The van der Waals surface area contributed by atoms with Gasteiger partial charge in [0.05, 0.1) is 28.6 Å². The highest BCUT2D eigenvalue weighted by Gasteiger charge is 2.32. The van der Waals surface area contributed by atoms with Crippen LogP contribution in [0, 0.1) is 27.2 Å². The average Bonchev–Trinajstić information content (AvgIpc) is 2.43. The molecule has 3 N–H and O–H groups in total. The fourth-order valence-electron chi connectivity index (χ4n) is 2.23. The highest BCUT2D eigenvalue weighted by Crippen LogP contribution is 2.40. The maximum atomic E-state index is 11.3. The summed E-state index contributed by atoms with van der Waals surface area (Å²) in [6.45, 7) is 4.12. The van der Waals surface area contributed by atoms with Crippen molar-refractivity contribution in [3.05, 3.63) is 37.4 Å². The van der Waals surface area contributed by atoms with Crippen molar-refractivity contribution in [2.45, 2.75) is 45.9 Å². The average molecular weight is 313 g/mol. The lowest BCUT2D eigenvalue weighted by atomic mass is 10.0. The highest BCUT2D eigenvalue weighted by molar-refractivity contribution is 5.78. The van der Waals surface area contributed by atoms with Crippen LogP contribution in [0.2, 0.25) is 0 Å². The Bertz CT molecular complexity index is 588. The second-order valence-corrected chi connectivity index (χ2v) is 4.98. The molecule has 0 aromatic heterocycles. The summed E-state index contributed by atoms with van der Waals surface area (Å²) in [7, 11) is 0. The number of benzene rings is 1. The monoisotopic (exact) mass is 313 g/mol. The molecule has 2 unspecified atom stereocenters. The molecular weight excluding hydrogens is 294 g/mol. The number of aliphatic hydroxyl groups is 2. The van der Waals surface area contributed by atoms with Crippen LogP contribution in [-0.2, 0) is 6.61 Å². The van der Waals surface area contributed by atoms with E-state index in [1.54, 1.807) is 6.92 Å². The molecule has 0 aliphatic rings. The summed E-state index contributed by atoms with van der Waals surface area (Å²) in [6.07, 6.45) is -0.422. The van der Waals surface area contributed by atoms with Crippen molar-refractivity contribution in [3.63, 3.8) is 0 Å². The van der Waals surface area contributed by atoms with E-state index < -0.39 is 40.0 Å². The van der Waals surface area contributed by atoms with Gasteiger partial charge in [0.25, 0.3) is 5.69 Å². The van der Waals surface area contributed by atoms with Gasteiger partial charge in [-0.05, 0) is 25.8 Å². The summed E-state index contributed by atoms with van der Waals surface area (Å²) in [5, 5.41) is 44.1. The van der Waals surface area contributed by atoms with Crippen molar-refractivity contribution in [1.82, 2.24) is 0 Å². The van der Waals surface area contributed by atoms with E-state index in [9.17, 15) is 30.4 Å². The van der Waals surface area contributed by atoms with Crippen LogP contribution in [0.5, 0.6) is 0 Å². The van der Waals surface area contributed by atoms with E-state index in [0.29, 0.717) is 6.42 Å². The maximum Gasteiger partial charge on any atom is 0.302 e. The van der Waals surface area contributed by atoms with Crippen molar-refractivity contribution >= 4 is 17.1 Å². The Balaban J connectivity index is 3.60. The summed E-state index contributed by atoms with van der Waals surface area (Å²) >= 11 is 0. The van der Waals surface area contributed by atoms with Gasteiger partial charge in [0.2, 0.25) is 0 Å². The first-order valence-corrected chi connectivity index (χ1v) is 6.75. The minimum absolute atomic E-state index is 0.119. The molecule has 2 atom stereocenters. The maximum absolute atomic E-state index is 11.3. The molecule has 0 fully saturated rings. The molecule has 122 valence electrons. The van der Waals surface area contributed by atoms with E-state index in [1.165, 1.54) is 13.8 Å². The number of nitro groups is 2. The fraction of sp³-hybridized carbons (Fsp3) is 0.538. The van der Waals surface area contributed by atoms with E-state index >= 15 is 0 Å². The number of rotatable bonds is 7. The van der Waals surface area contributed by atoms with E-state index in [4.69, 9.17) is 0 Å². The topological polar surface area (TPSA) is 139 Å². The Morgan fingerprint density at radius 2 is 1.91 bits per heavy atom. The number of aliphatic hydroxyl groups excluding tert-OH is 2. The smallest absolute Gasteiger partial charge is 0.302 e. The first-order chi connectivity index (χ1) is 10.2. The third kappa shape index (κ3) is 3.49. The van der Waals surface area contributed by atoms with Gasteiger partial charge in [-0.2, -0.15) is 0 Å². The van der Waals surface area contributed by atoms with Gasteiger partial charge in [0.15, 0.2) is 5.69 Å². The standard InChI is InChI=1S/C13H19N3O6/c1-4-10(8(3)18)14-12-11(15(19)20)5-9(6-17)7(2)13(12)16(21)22/h5,8,10,14,17-18H,4,6H2,1-3H3. The van der Waals surface area contributed by atoms with Crippen molar-refractivity contribution in [2.24, 2.45) is 0 Å². The Labute approximate surface area is 126 Å². The van der Waals surface area contributed by atoms with Crippen LogP contribution in [0.4, 0.5) is 17.1 Å². The quantitative estimate of drug-likeness (QED) is 0.515. The van der Waals surface area contributed by atoms with Crippen LogP contribution in [0.15, 0.2) is 6.07 Å². The Hall–Kier alpha value is -2.26. The summed E-state index contributed by atoms with van der Waals surface area (Å²) in [6, 6.07) is 0.538. The molecule has 0 aliphatic carbocycles. The third-order valence-electron chi connectivity index (χ3n) is 3.54. The van der Waals surface area contributed by atoms with Gasteiger partial charge in [0, 0.05) is 11.6 Å². The zero-order chi connectivity index (χ0) is 17.0. The molecule has 0 saturated heterocycles. The second kappa shape index (κ2) is 7.14. The fourth-order valence-corrected chi connectivity index (χ4v) is 2.23. The normalized spacial score (nSPS) is 13.5. The molecule has 0 amide bonds. The van der Waals surface area contributed by atoms with Gasteiger partial charge in [-0.15, -0.1) is 0 Å².